The van der Waals surface area contributed by atoms with Crippen molar-refractivity contribution in [3.05, 3.63) is 43.6 Å². The van der Waals surface area contributed by atoms with Gasteiger partial charge in [0.25, 0.3) is 0 Å². The van der Waals surface area contributed by atoms with Gasteiger partial charge in [0.05, 0.1) is 13.2 Å². The van der Waals surface area contributed by atoms with Crippen LogP contribution in [0.15, 0.2) is 43.6 Å². The van der Waals surface area contributed by atoms with E-state index in [2.05, 4.69) is 118 Å². The Hall–Kier alpha value is -1.03. The molecule has 2 N–H and O–H groups in total. The van der Waals surface area contributed by atoms with Crippen molar-refractivity contribution in [1.29, 1.82) is 0 Å². The van der Waals surface area contributed by atoms with Crippen molar-refractivity contribution in [2.75, 3.05) is 20.5 Å². The van der Waals surface area contributed by atoms with Crippen LogP contribution in [-0.4, -0.2) is 114 Å². The predicted molar refractivity (Wildman–Crippen MR) is 304 cm³/mol. The summed E-state index contributed by atoms with van der Waals surface area (Å²) in [5.74, 6) is -1.92. The molecule has 0 unspecified atom stereocenters. The van der Waals surface area contributed by atoms with Crippen molar-refractivity contribution >= 4 is 75.4 Å². The number of nitrogens with one attached hydrogen (secondary N) is 1. The minimum atomic E-state index is -2.57. The molecule has 402 valence electrons. The average Bonchev–Trinajstić information content (AvgIpc) is 3.22. The maximum atomic E-state index is 14.4. The second-order valence-electron chi connectivity index (χ2n) is 23.4. The number of amides is 1. The van der Waals surface area contributed by atoms with E-state index in [9.17, 15) is 19.5 Å². The van der Waals surface area contributed by atoms with Crippen LogP contribution in [0.2, 0.25) is 57.1 Å². The van der Waals surface area contributed by atoms with Crippen LogP contribution in [0.25, 0.3) is 0 Å². The van der Waals surface area contributed by atoms with E-state index in [4.69, 9.17) is 28.1 Å². The number of allylic oxidation sites excluding steroid dienone is 3. The average molecular weight is 1230 g/mol. The Morgan fingerprint density at radius 1 is 0.855 bits per heavy atom. The van der Waals surface area contributed by atoms with E-state index in [0.29, 0.717) is 19.4 Å². The number of methoxy groups -OCH3 is 1. The minimum absolute atomic E-state index is 0.0591. The quantitative estimate of drug-likeness (QED) is 0.0124. The Labute approximate surface area is 442 Å². The summed E-state index contributed by atoms with van der Waals surface area (Å²) in [6, 6.07) is -0.0323. The van der Waals surface area contributed by atoms with Gasteiger partial charge in [-0.15, -0.1) is 0 Å². The molecule has 0 fully saturated rings. The van der Waals surface area contributed by atoms with Crippen LogP contribution in [0.1, 0.15) is 148 Å². The van der Waals surface area contributed by atoms with Gasteiger partial charge in [0, 0.05) is 21.6 Å². The Balaban J connectivity index is 7.58. The number of ether oxygens (including phenoxy) is 5. The van der Waals surface area contributed by atoms with Crippen molar-refractivity contribution in [2.45, 2.75) is 241 Å². The second-order valence-corrected chi connectivity index (χ2v) is 48.5. The number of esters is 2. The summed E-state index contributed by atoms with van der Waals surface area (Å²) in [5, 5.41) is 14.1. The summed E-state index contributed by atoms with van der Waals surface area (Å²) in [6.45, 7) is 39.4. The first-order valence-electron chi connectivity index (χ1n) is 25.9. The molecule has 0 aliphatic carbocycles. The molecule has 0 bridgehead atoms. The van der Waals surface area contributed by atoms with E-state index in [1.54, 1.807) is 33.8 Å². The molecular formula is C54H102INO10Si2Sn. The number of aliphatic hydroxyl groups excluding tert-OH is 1. The fourth-order valence-corrected chi connectivity index (χ4v) is 24.9. The van der Waals surface area contributed by atoms with E-state index in [1.165, 1.54) is 65.9 Å². The Morgan fingerprint density at radius 3 is 1.86 bits per heavy atom. The van der Waals surface area contributed by atoms with Crippen molar-refractivity contribution in [1.82, 2.24) is 5.32 Å². The van der Waals surface area contributed by atoms with E-state index < -0.39 is 100 Å². The van der Waals surface area contributed by atoms with Crippen LogP contribution < -0.4 is 5.32 Å². The first kappa shape index (κ1) is 68.0. The first-order valence-corrected chi connectivity index (χ1v) is 41.3. The molecule has 7 atom stereocenters. The molecule has 69 heavy (non-hydrogen) atoms. The third kappa shape index (κ3) is 27.2. The number of carbonyl (C=O) groups is 3. The third-order valence-electron chi connectivity index (χ3n) is 13.4. The molecule has 0 aromatic rings. The van der Waals surface area contributed by atoms with E-state index in [1.807, 2.05) is 32.9 Å². The van der Waals surface area contributed by atoms with Crippen LogP contribution in [0.3, 0.4) is 0 Å². The first-order chi connectivity index (χ1) is 31.7. The van der Waals surface area contributed by atoms with Crippen LogP contribution in [-0.2, 0) is 37.7 Å². The molecule has 0 aliphatic rings. The zero-order chi connectivity index (χ0) is 53.4. The summed E-state index contributed by atoms with van der Waals surface area (Å²) in [7, 11) is -2.64. The van der Waals surface area contributed by atoms with Gasteiger partial charge in [-0.3, -0.25) is 9.59 Å². The Morgan fingerprint density at radius 2 is 1.41 bits per heavy atom. The summed E-state index contributed by atoms with van der Waals surface area (Å²) in [4.78, 5) is 41.1. The molecule has 11 nitrogen and oxygen atoms in total. The normalized spacial score (nSPS) is 17.2. The summed E-state index contributed by atoms with van der Waals surface area (Å²) >= 11 is -0.423. The number of unbranched alkanes of at least 4 members (excludes halogenated alkanes) is 3. The van der Waals surface area contributed by atoms with Crippen molar-refractivity contribution < 1.29 is 47.6 Å². The number of hydrogen-bond acceptors (Lipinski definition) is 10. The molecule has 15 heteroatoms. The zero-order valence-corrected chi connectivity index (χ0v) is 54.3. The molecule has 0 aromatic heterocycles. The third-order valence-corrected chi connectivity index (χ3v) is 34.1. The van der Waals surface area contributed by atoms with Crippen LogP contribution in [0.4, 0.5) is 4.79 Å². The summed E-state index contributed by atoms with van der Waals surface area (Å²) in [5.41, 5.74) is -1.50. The van der Waals surface area contributed by atoms with Crippen molar-refractivity contribution in [3.63, 3.8) is 0 Å². The molecule has 0 radical (unpaired) electrons. The predicted octanol–water partition coefficient (Wildman–Crippen LogP) is 14.6. The van der Waals surface area contributed by atoms with Crippen LogP contribution in [0.5, 0.6) is 0 Å². The zero-order valence-electron chi connectivity index (χ0n) is 47.3. The van der Waals surface area contributed by atoms with Gasteiger partial charge in [-0.05, 0) is 85.0 Å². The fourth-order valence-electron chi connectivity index (χ4n) is 7.99. The molecule has 0 heterocycles. The van der Waals surface area contributed by atoms with Gasteiger partial charge < -0.3 is 19.5 Å². The molecule has 0 rings (SSSR count). The molecule has 0 saturated carbocycles. The molecular weight excluding hydrogens is 1120 g/mol. The van der Waals surface area contributed by atoms with Crippen LogP contribution in [0, 0.1) is 11.3 Å². The van der Waals surface area contributed by atoms with Gasteiger partial charge in [0.2, 0.25) is 0 Å². The number of hydrogen-bond donors (Lipinski definition) is 2. The number of carbonyl (C=O) groups excluding carboxylic acids is 3. The molecule has 1 amide bonds. The van der Waals surface area contributed by atoms with Gasteiger partial charge >= 0.3 is 213 Å². The summed E-state index contributed by atoms with van der Waals surface area (Å²) < 4.78 is 44.9. The van der Waals surface area contributed by atoms with Crippen LogP contribution >= 0.6 is 22.6 Å². The maximum absolute atomic E-state index is 14.4. The van der Waals surface area contributed by atoms with Gasteiger partial charge in [-0.2, -0.15) is 0 Å². The van der Waals surface area contributed by atoms with Gasteiger partial charge in [0.1, 0.15) is 17.1 Å². The van der Waals surface area contributed by atoms with Crippen molar-refractivity contribution in [3.8, 4) is 0 Å². The monoisotopic (exact) mass is 1230 g/mol. The molecule has 0 aromatic carbocycles. The molecule has 0 aliphatic heterocycles. The van der Waals surface area contributed by atoms with Gasteiger partial charge in [0.15, 0.2) is 8.32 Å². The number of rotatable bonds is 33. The molecule has 0 spiro atoms. The second kappa shape index (κ2) is 32.3. The Bertz CT molecular complexity index is 1620. The van der Waals surface area contributed by atoms with Gasteiger partial charge in [-0.25, -0.2) is 4.79 Å². The number of halogens is 1. The number of aliphatic hydroxyl groups is 1. The topological polar surface area (TPSA) is 139 Å². The van der Waals surface area contributed by atoms with E-state index >= 15 is 0 Å². The Kier molecular flexibility index (Phi) is 31.8. The van der Waals surface area contributed by atoms with E-state index in [-0.39, 0.29) is 11.8 Å². The van der Waals surface area contributed by atoms with Gasteiger partial charge in [-0.1, -0.05) is 53.4 Å². The standard InChI is InChI=1S/C42H75INO10Si2.3C4H9.Sn/c1-19-33(46)22-20-29(2)21-23-34(51-28-50-24-25-55(14,15)16)27-35(54-56(17,18)41(9,10)11)31(4)37(52-32(5)45)42(12,38(47)49-13)36(26-30(3)43)44-39(48)53-40(6,7)8;3*1-3-4-2;/h1,19-21,23,26,31,33-37,46H,22,24-25,27-28H2,2-18H3,(H,44,48);3*1,3-4H2,2H3;/b19-1?,23-21+,29-20+,30-26+;;;;/t31-,33-,34-,35-,36-,37+,42+;;;;/m1..../s1. The van der Waals surface area contributed by atoms with E-state index in [0.717, 1.165) is 15.2 Å². The fraction of sp³-hybridized carbons (Fsp3) is 0.796. The SMILES string of the molecule is CCC[CH2][Sn](/[CH]=C/[C@@H](O)C/C=C(C)/C=C/[C@H](C[C@@H](O[Si](C)(C)C(C)(C)C)[C@@H](C)[C@H](OC(C)=O)[C@@](C)(C(=O)OC)[C@@H](/C=C(\C)I)NC(=O)OC(C)(C)C)OCOCC[Si](C)(C)C)([CH2]CCC)[CH2]CCC. The number of alkyl carbamates (subject to hydrolysis) is 1. The summed E-state index contributed by atoms with van der Waals surface area (Å²) in [6.07, 6.45) is 14.7. The van der Waals surface area contributed by atoms with Crippen molar-refractivity contribution in [2.24, 2.45) is 11.3 Å². The molecule has 0 saturated heterocycles.